The molecule has 2 N–H and O–H groups in total. The first-order valence-electron chi connectivity index (χ1n) is 10.4. The predicted octanol–water partition coefficient (Wildman–Crippen LogP) is 3.59. The van der Waals surface area contributed by atoms with E-state index in [1.54, 1.807) is 41.0 Å². The van der Waals surface area contributed by atoms with Gasteiger partial charge >= 0.3 is 6.18 Å². The zero-order valence-corrected chi connectivity index (χ0v) is 18.1. The van der Waals surface area contributed by atoms with Crippen molar-refractivity contribution < 1.29 is 23.1 Å². The molecular formula is C22H23F3N6O2. The van der Waals surface area contributed by atoms with Gasteiger partial charge in [-0.1, -0.05) is 6.07 Å². The summed E-state index contributed by atoms with van der Waals surface area (Å²) in [5.74, 6) is -0.794. The van der Waals surface area contributed by atoms with Crippen LogP contribution in [0.25, 0.3) is 11.3 Å². The average Bonchev–Trinajstić information content (AvgIpc) is 3.39. The highest BCUT2D eigenvalue weighted by Gasteiger charge is 2.37. The van der Waals surface area contributed by atoms with Gasteiger partial charge in [0.25, 0.3) is 5.91 Å². The van der Waals surface area contributed by atoms with E-state index in [2.05, 4.69) is 20.4 Å². The van der Waals surface area contributed by atoms with Crippen LogP contribution in [0.5, 0.6) is 0 Å². The molecular weight excluding hydrogens is 437 g/mol. The number of pyridine rings is 2. The molecule has 3 aromatic heterocycles. The second kappa shape index (κ2) is 8.47. The third-order valence-corrected chi connectivity index (χ3v) is 5.44. The lowest BCUT2D eigenvalue weighted by Gasteiger charge is -2.22. The lowest BCUT2D eigenvalue weighted by atomic mass is 10.1. The molecule has 0 aromatic carbocycles. The van der Waals surface area contributed by atoms with E-state index in [9.17, 15) is 23.1 Å². The van der Waals surface area contributed by atoms with Gasteiger partial charge in [0.05, 0.1) is 35.1 Å². The van der Waals surface area contributed by atoms with Crippen molar-refractivity contribution in [2.24, 2.45) is 0 Å². The summed E-state index contributed by atoms with van der Waals surface area (Å²) >= 11 is 0. The van der Waals surface area contributed by atoms with Crippen molar-refractivity contribution in [1.29, 1.82) is 0 Å². The Morgan fingerprint density at radius 1 is 1.30 bits per heavy atom. The minimum atomic E-state index is -4.76. The number of nitrogens with zero attached hydrogens (tertiary/aromatic N) is 5. The fraction of sp³-hybridized carbons (Fsp3) is 0.364. The van der Waals surface area contributed by atoms with Crippen LogP contribution in [0.4, 0.5) is 24.5 Å². The Hall–Kier alpha value is -3.47. The summed E-state index contributed by atoms with van der Waals surface area (Å²) in [6, 6.07) is 5.94. The zero-order valence-electron chi connectivity index (χ0n) is 18.1. The molecule has 1 aliphatic rings. The largest absolute Gasteiger partial charge is 0.435 e. The van der Waals surface area contributed by atoms with Gasteiger partial charge in [0.1, 0.15) is 5.69 Å². The number of alkyl halides is 3. The van der Waals surface area contributed by atoms with Crippen LogP contribution < -0.4 is 10.2 Å². The Balaban J connectivity index is 1.63. The van der Waals surface area contributed by atoms with E-state index in [-0.39, 0.29) is 12.2 Å². The molecule has 1 atom stereocenters. The highest BCUT2D eigenvalue weighted by atomic mass is 19.4. The maximum atomic E-state index is 13.6. The Morgan fingerprint density at radius 2 is 2.09 bits per heavy atom. The maximum Gasteiger partial charge on any atom is 0.435 e. The van der Waals surface area contributed by atoms with E-state index in [1.165, 1.54) is 12.1 Å². The number of carbonyl (C=O) groups is 1. The van der Waals surface area contributed by atoms with Gasteiger partial charge in [0.2, 0.25) is 0 Å². The SMILES string of the molecule is CCn1cc(-c2cccc(C(=O)Nc3cc(N4CCC(C)(O)C4)cnc3C(F)(F)F)n2)cn1. The molecule has 1 saturated heterocycles. The number of aliphatic hydroxyl groups is 1. The number of anilines is 2. The molecule has 8 nitrogen and oxygen atoms in total. The smallest absolute Gasteiger partial charge is 0.388 e. The summed E-state index contributed by atoms with van der Waals surface area (Å²) in [5.41, 5.74) is -1.11. The zero-order chi connectivity index (χ0) is 23.8. The fourth-order valence-corrected chi connectivity index (χ4v) is 3.69. The van der Waals surface area contributed by atoms with Crippen LogP contribution in [0.15, 0.2) is 42.9 Å². The minimum absolute atomic E-state index is 0.0422. The number of aromatic nitrogens is 4. The Kier molecular flexibility index (Phi) is 5.83. The van der Waals surface area contributed by atoms with E-state index in [0.29, 0.717) is 36.5 Å². The number of aryl methyl sites for hydroxylation is 1. The van der Waals surface area contributed by atoms with E-state index in [1.807, 2.05) is 6.92 Å². The molecule has 3 aromatic rings. The lowest BCUT2D eigenvalue weighted by molar-refractivity contribution is -0.140. The average molecular weight is 460 g/mol. The van der Waals surface area contributed by atoms with Crippen molar-refractivity contribution >= 4 is 17.3 Å². The van der Waals surface area contributed by atoms with Gasteiger partial charge in [0, 0.05) is 31.4 Å². The molecule has 0 bridgehead atoms. The highest BCUT2D eigenvalue weighted by molar-refractivity contribution is 6.03. The summed E-state index contributed by atoms with van der Waals surface area (Å²) in [7, 11) is 0. The van der Waals surface area contributed by atoms with Crippen LogP contribution in [0.3, 0.4) is 0 Å². The third-order valence-electron chi connectivity index (χ3n) is 5.44. The molecule has 1 amide bonds. The predicted molar refractivity (Wildman–Crippen MR) is 116 cm³/mol. The molecule has 11 heteroatoms. The topological polar surface area (TPSA) is 96.2 Å². The van der Waals surface area contributed by atoms with Gasteiger partial charge < -0.3 is 15.3 Å². The van der Waals surface area contributed by atoms with Gasteiger partial charge in [-0.05, 0) is 38.5 Å². The van der Waals surface area contributed by atoms with Crippen molar-refractivity contribution in [1.82, 2.24) is 19.7 Å². The summed E-state index contributed by atoms with van der Waals surface area (Å²) in [4.78, 5) is 22.4. The maximum absolute atomic E-state index is 13.6. The molecule has 0 saturated carbocycles. The van der Waals surface area contributed by atoms with Gasteiger partial charge in [-0.15, -0.1) is 0 Å². The van der Waals surface area contributed by atoms with Gasteiger partial charge in [-0.3, -0.25) is 9.48 Å². The Bertz CT molecular complexity index is 1170. The number of amides is 1. The number of halogens is 3. The number of rotatable bonds is 5. The second-order valence-electron chi connectivity index (χ2n) is 8.20. The fourth-order valence-electron chi connectivity index (χ4n) is 3.69. The summed E-state index contributed by atoms with van der Waals surface area (Å²) in [5, 5.41) is 16.7. The Labute approximate surface area is 188 Å². The lowest BCUT2D eigenvalue weighted by Crippen LogP contribution is -2.30. The van der Waals surface area contributed by atoms with E-state index < -0.39 is 29.1 Å². The number of nitrogens with one attached hydrogen (secondary N) is 1. The third kappa shape index (κ3) is 4.98. The summed E-state index contributed by atoms with van der Waals surface area (Å²) in [6.45, 7) is 4.97. The van der Waals surface area contributed by atoms with Crippen LogP contribution in [0.1, 0.15) is 36.5 Å². The first-order valence-corrected chi connectivity index (χ1v) is 10.4. The first kappa shape index (κ1) is 22.7. The van der Waals surface area contributed by atoms with Crippen LogP contribution in [-0.4, -0.2) is 49.5 Å². The van der Waals surface area contributed by atoms with Crippen LogP contribution in [-0.2, 0) is 12.7 Å². The van der Waals surface area contributed by atoms with Gasteiger partial charge in [-0.25, -0.2) is 9.97 Å². The number of carbonyl (C=O) groups excluding carboxylic acids is 1. The van der Waals surface area contributed by atoms with Crippen LogP contribution in [0, 0.1) is 0 Å². The second-order valence-corrected chi connectivity index (χ2v) is 8.20. The number of hydrogen-bond donors (Lipinski definition) is 2. The quantitative estimate of drug-likeness (QED) is 0.604. The summed E-state index contributed by atoms with van der Waals surface area (Å²) < 4.78 is 42.4. The van der Waals surface area contributed by atoms with Crippen molar-refractivity contribution in [3.05, 3.63) is 54.2 Å². The van der Waals surface area contributed by atoms with Crippen LogP contribution in [0.2, 0.25) is 0 Å². The highest BCUT2D eigenvalue weighted by Crippen LogP contribution is 2.36. The molecule has 4 rings (SSSR count). The minimum Gasteiger partial charge on any atom is -0.388 e. The van der Waals surface area contributed by atoms with Crippen LogP contribution >= 0.6 is 0 Å². The first-order chi connectivity index (χ1) is 15.6. The monoisotopic (exact) mass is 460 g/mol. The van der Waals surface area contributed by atoms with E-state index in [0.717, 1.165) is 6.20 Å². The molecule has 1 unspecified atom stereocenters. The molecule has 33 heavy (non-hydrogen) atoms. The molecule has 1 fully saturated rings. The molecule has 1 aliphatic heterocycles. The molecule has 174 valence electrons. The molecule has 0 aliphatic carbocycles. The molecule has 4 heterocycles. The van der Waals surface area contributed by atoms with Gasteiger partial charge in [0.15, 0.2) is 5.69 Å². The number of hydrogen-bond acceptors (Lipinski definition) is 6. The Morgan fingerprint density at radius 3 is 2.73 bits per heavy atom. The summed E-state index contributed by atoms with van der Waals surface area (Å²) in [6.07, 6.45) is 0.185. The standard InChI is InChI=1S/C22H23F3N6O2/c1-3-31-12-14(10-27-31)16-5-4-6-17(28-16)20(32)29-18-9-15(11-26-19(18)22(23,24)25)30-8-7-21(2,33)13-30/h4-6,9-12,33H,3,7-8,13H2,1-2H3,(H,29,32). The number of β-amino-alcohol motifs (C(OH)–C–C–N with tert-alkyl or cyclic N) is 1. The molecule has 0 spiro atoms. The van der Waals surface area contributed by atoms with Crippen molar-refractivity contribution in [3.8, 4) is 11.3 Å². The molecule has 0 radical (unpaired) electrons. The van der Waals surface area contributed by atoms with Crippen molar-refractivity contribution in [2.75, 3.05) is 23.3 Å². The van der Waals surface area contributed by atoms with E-state index in [4.69, 9.17) is 0 Å². The van der Waals surface area contributed by atoms with Gasteiger partial charge in [-0.2, -0.15) is 18.3 Å². The van der Waals surface area contributed by atoms with Crippen molar-refractivity contribution in [2.45, 2.75) is 38.6 Å². The normalized spacial score (nSPS) is 18.5. The van der Waals surface area contributed by atoms with Crippen molar-refractivity contribution in [3.63, 3.8) is 0 Å². The van der Waals surface area contributed by atoms with E-state index >= 15 is 0 Å².